The third-order valence-corrected chi connectivity index (χ3v) is 1.95. The summed E-state index contributed by atoms with van der Waals surface area (Å²) in [6, 6.07) is 3.73. The first kappa shape index (κ1) is 12.7. The maximum absolute atomic E-state index is 5.31. The van der Waals surface area contributed by atoms with Crippen LogP contribution in [0.25, 0.3) is 0 Å². The van der Waals surface area contributed by atoms with Crippen LogP contribution < -0.4 is 10.1 Å². The van der Waals surface area contributed by atoms with Gasteiger partial charge in [-0.3, -0.25) is 0 Å². The van der Waals surface area contributed by atoms with Gasteiger partial charge in [0, 0.05) is 19.7 Å². The highest BCUT2D eigenvalue weighted by Crippen LogP contribution is 2.10. The monoisotopic (exact) mass is 226 g/mol. The average Bonchev–Trinajstić information content (AvgIpc) is 2.34. The number of rotatable bonds is 8. The fourth-order valence-electron chi connectivity index (χ4n) is 1.12. The summed E-state index contributed by atoms with van der Waals surface area (Å²) >= 11 is 0. The minimum absolute atomic E-state index is 0.613. The average molecular weight is 226 g/mol. The molecule has 0 atom stereocenters. The van der Waals surface area contributed by atoms with Crippen molar-refractivity contribution in [2.24, 2.45) is 0 Å². The maximum atomic E-state index is 5.31. The third-order valence-electron chi connectivity index (χ3n) is 1.95. The van der Waals surface area contributed by atoms with Crippen molar-refractivity contribution in [3.05, 3.63) is 18.3 Å². The van der Waals surface area contributed by atoms with Crippen molar-refractivity contribution >= 4 is 5.69 Å². The Bertz CT molecular complexity index is 277. The summed E-state index contributed by atoms with van der Waals surface area (Å²) < 4.78 is 15.1. The number of anilines is 1. The van der Waals surface area contributed by atoms with Gasteiger partial charge in [-0.2, -0.15) is 0 Å². The fraction of sp³-hybridized carbons (Fsp3) is 0.545. The second-order valence-electron chi connectivity index (χ2n) is 3.12. The van der Waals surface area contributed by atoms with Crippen LogP contribution in [0.5, 0.6) is 5.88 Å². The highest BCUT2D eigenvalue weighted by molar-refractivity contribution is 5.41. The number of pyridine rings is 1. The Balaban J connectivity index is 2.12. The summed E-state index contributed by atoms with van der Waals surface area (Å²) in [4.78, 5) is 4.08. The first-order valence-corrected chi connectivity index (χ1v) is 5.17. The molecule has 0 bridgehead atoms. The quantitative estimate of drug-likeness (QED) is 0.674. The minimum Gasteiger partial charge on any atom is -0.481 e. The van der Waals surface area contributed by atoms with E-state index in [0.717, 1.165) is 12.2 Å². The maximum Gasteiger partial charge on any atom is 0.213 e. The van der Waals surface area contributed by atoms with Gasteiger partial charge in [-0.25, -0.2) is 4.98 Å². The number of hydrogen-bond acceptors (Lipinski definition) is 5. The van der Waals surface area contributed by atoms with Crippen LogP contribution in [0, 0.1) is 0 Å². The first-order chi connectivity index (χ1) is 7.86. The fourth-order valence-corrected chi connectivity index (χ4v) is 1.12. The molecule has 5 heteroatoms. The zero-order valence-corrected chi connectivity index (χ0v) is 9.73. The van der Waals surface area contributed by atoms with Gasteiger partial charge in [0.05, 0.1) is 38.8 Å². The van der Waals surface area contributed by atoms with Crippen LogP contribution in [0.2, 0.25) is 0 Å². The normalized spacial score (nSPS) is 10.1. The Morgan fingerprint density at radius 1 is 1.19 bits per heavy atom. The van der Waals surface area contributed by atoms with Gasteiger partial charge in [-0.05, 0) is 6.07 Å². The van der Waals surface area contributed by atoms with E-state index in [1.807, 2.05) is 12.1 Å². The van der Waals surface area contributed by atoms with Crippen molar-refractivity contribution in [1.82, 2.24) is 4.98 Å². The molecule has 0 spiro atoms. The second-order valence-corrected chi connectivity index (χ2v) is 3.12. The van der Waals surface area contributed by atoms with E-state index in [9.17, 15) is 0 Å². The van der Waals surface area contributed by atoms with Crippen molar-refractivity contribution in [3.8, 4) is 5.88 Å². The smallest absolute Gasteiger partial charge is 0.213 e. The Hall–Kier alpha value is -1.33. The highest BCUT2D eigenvalue weighted by Gasteiger charge is 1.94. The van der Waals surface area contributed by atoms with Gasteiger partial charge in [0.1, 0.15) is 0 Å². The van der Waals surface area contributed by atoms with Gasteiger partial charge in [-0.1, -0.05) is 0 Å². The number of nitrogens with one attached hydrogen (secondary N) is 1. The lowest BCUT2D eigenvalue weighted by Gasteiger charge is -2.07. The predicted molar refractivity (Wildman–Crippen MR) is 62.0 cm³/mol. The summed E-state index contributed by atoms with van der Waals surface area (Å²) in [7, 11) is 3.25. The van der Waals surface area contributed by atoms with Crippen LogP contribution in [0.15, 0.2) is 18.3 Å². The molecule has 1 rings (SSSR count). The molecule has 5 nitrogen and oxygen atoms in total. The summed E-state index contributed by atoms with van der Waals surface area (Å²) in [6.07, 6.45) is 1.73. The molecular weight excluding hydrogens is 208 g/mol. The molecule has 16 heavy (non-hydrogen) atoms. The lowest BCUT2D eigenvalue weighted by molar-refractivity contribution is 0.0759. The molecule has 0 amide bonds. The van der Waals surface area contributed by atoms with Gasteiger partial charge < -0.3 is 19.5 Å². The van der Waals surface area contributed by atoms with Crippen LogP contribution in [0.3, 0.4) is 0 Å². The van der Waals surface area contributed by atoms with E-state index in [-0.39, 0.29) is 0 Å². The summed E-state index contributed by atoms with van der Waals surface area (Å²) in [5.74, 6) is 0.613. The van der Waals surface area contributed by atoms with Crippen LogP contribution >= 0.6 is 0 Å². The lowest BCUT2D eigenvalue weighted by Crippen LogP contribution is -2.12. The van der Waals surface area contributed by atoms with Crippen molar-refractivity contribution in [2.45, 2.75) is 0 Å². The molecule has 1 aromatic heterocycles. The van der Waals surface area contributed by atoms with Gasteiger partial charge in [-0.15, -0.1) is 0 Å². The Morgan fingerprint density at radius 2 is 2.06 bits per heavy atom. The van der Waals surface area contributed by atoms with E-state index >= 15 is 0 Å². The second kappa shape index (κ2) is 7.90. The van der Waals surface area contributed by atoms with Gasteiger partial charge in [0.15, 0.2) is 0 Å². The Morgan fingerprint density at radius 3 is 2.69 bits per heavy atom. The standard InChI is InChI=1S/C11H18N2O3/c1-14-7-8-16-6-5-12-10-3-4-11(15-2)13-9-10/h3-4,9,12H,5-8H2,1-2H3. The van der Waals surface area contributed by atoms with Crippen molar-refractivity contribution in [2.75, 3.05) is 45.9 Å². The van der Waals surface area contributed by atoms with Crippen LogP contribution in [0.4, 0.5) is 5.69 Å². The molecule has 0 aromatic carbocycles. The molecule has 0 aliphatic carbocycles. The van der Waals surface area contributed by atoms with Crippen molar-refractivity contribution in [3.63, 3.8) is 0 Å². The highest BCUT2D eigenvalue weighted by atomic mass is 16.5. The molecule has 1 aromatic rings. The number of methoxy groups -OCH3 is 2. The van der Waals surface area contributed by atoms with E-state index in [0.29, 0.717) is 25.7 Å². The molecule has 1 heterocycles. The molecule has 0 saturated carbocycles. The largest absolute Gasteiger partial charge is 0.481 e. The van der Waals surface area contributed by atoms with E-state index in [4.69, 9.17) is 14.2 Å². The third kappa shape index (κ3) is 4.95. The predicted octanol–water partition coefficient (Wildman–Crippen LogP) is 1.17. The molecule has 0 fully saturated rings. The number of nitrogens with zero attached hydrogens (tertiary/aromatic N) is 1. The molecule has 0 radical (unpaired) electrons. The van der Waals surface area contributed by atoms with Crippen molar-refractivity contribution < 1.29 is 14.2 Å². The molecular formula is C11H18N2O3. The van der Waals surface area contributed by atoms with Crippen LogP contribution in [0.1, 0.15) is 0 Å². The Labute approximate surface area is 95.7 Å². The number of hydrogen-bond donors (Lipinski definition) is 1. The lowest BCUT2D eigenvalue weighted by atomic mass is 10.4. The van der Waals surface area contributed by atoms with Gasteiger partial charge in [0.25, 0.3) is 0 Å². The van der Waals surface area contributed by atoms with E-state index in [1.165, 1.54) is 0 Å². The van der Waals surface area contributed by atoms with Crippen LogP contribution in [-0.4, -0.2) is 45.6 Å². The zero-order chi connectivity index (χ0) is 11.6. The van der Waals surface area contributed by atoms with E-state index in [2.05, 4.69) is 10.3 Å². The molecule has 90 valence electrons. The van der Waals surface area contributed by atoms with Gasteiger partial charge >= 0.3 is 0 Å². The first-order valence-electron chi connectivity index (χ1n) is 5.17. The molecule has 1 N–H and O–H groups in total. The number of aromatic nitrogens is 1. The zero-order valence-electron chi connectivity index (χ0n) is 9.73. The summed E-state index contributed by atoms with van der Waals surface area (Å²) in [6.45, 7) is 2.65. The van der Waals surface area contributed by atoms with Gasteiger partial charge in [0.2, 0.25) is 5.88 Å². The molecule has 0 unspecified atom stereocenters. The SMILES string of the molecule is COCCOCCNc1ccc(OC)nc1. The van der Waals surface area contributed by atoms with Crippen LogP contribution in [-0.2, 0) is 9.47 Å². The topological polar surface area (TPSA) is 52.6 Å². The molecule has 0 aliphatic heterocycles. The summed E-state index contributed by atoms with van der Waals surface area (Å²) in [5.41, 5.74) is 0.955. The molecule has 0 saturated heterocycles. The van der Waals surface area contributed by atoms with E-state index in [1.54, 1.807) is 20.4 Å². The summed E-state index contributed by atoms with van der Waals surface area (Å²) in [5, 5.41) is 3.19. The number of ether oxygens (including phenoxy) is 3. The molecule has 0 aliphatic rings. The van der Waals surface area contributed by atoms with Crippen molar-refractivity contribution in [1.29, 1.82) is 0 Å². The van der Waals surface area contributed by atoms with E-state index < -0.39 is 0 Å². The minimum atomic E-state index is 0.613. The Kier molecular flexibility index (Phi) is 6.29.